The zero-order valence-electron chi connectivity index (χ0n) is 15.9. The van der Waals surface area contributed by atoms with Crippen LogP contribution in [0, 0.1) is 0 Å². The van der Waals surface area contributed by atoms with Gasteiger partial charge in [-0.05, 0) is 50.6 Å². The molecule has 0 spiro atoms. The summed E-state index contributed by atoms with van der Waals surface area (Å²) in [6.45, 7) is 7.09. The number of nitrogens with one attached hydrogen (secondary N) is 1. The van der Waals surface area contributed by atoms with E-state index in [0.717, 1.165) is 0 Å². The minimum Gasteiger partial charge on any atom is -0.494 e. The van der Waals surface area contributed by atoms with Gasteiger partial charge in [-0.2, -0.15) is 4.72 Å². The molecule has 1 atom stereocenters. The lowest BCUT2D eigenvalue weighted by Gasteiger charge is -2.26. The number of ether oxygens (including phenoxy) is 1. The van der Waals surface area contributed by atoms with Gasteiger partial charge in [-0.3, -0.25) is 4.79 Å². The van der Waals surface area contributed by atoms with Crippen LogP contribution in [0.5, 0.6) is 5.75 Å². The van der Waals surface area contributed by atoms with Crippen LogP contribution in [-0.2, 0) is 14.8 Å². The average molecular weight is 391 g/mol. The highest BCUT2D eigenvalue weighted by atomic mass is 32.2. The highest BCUT2D eigenvalue weighted by Gasteiger charge is 2.29. The zero-order chi connectivity index (χ0) is 19.9. The smallest absolute Gasteiger partial charge is 0.245 e. The molecule has 0 saturated carbocycles. The molecule has 6 nitrogen and oxygen atoms in total. The second-order valence-electron chi connectivity index (χ2n) is 5.88. The summed E-state index contributed by atoms with van der Waals surface area (Å²) in [6.07, 6.45) is 0. The lowest BCUT2D eigenvalue weighted by molar-refractivity contribution is -0.132. The molecular formula is C20H26N2O4S. The van der Waals surface area contributed by atoms with Gasteiger partial charge in [-0.25, -0.2) is 8.42 Å². The van der Waals surface area contributed by atoms with E-state index in [1.165, 1.54) is 12.1 Å². The van der Waals surface area contributed by atoms with E-state index in [9.17, 15) is 13.2 Å². The lowest BCUT2D eigenvalue weighted by atomic mass is 10.1. The molecule has 7 heteroatoms. The van der Waals surface area contributed by atoms with Crippen molar-refractivity contribution in [3.05, 3.63) is 60.2 Å². The summed E-state index contributed by atoms with van der Waals surface area (Å²) in [5.41, 5.74) is 0.601. The Bertz CT molecular complexity index is 832. The molecule has 0 heterocycles. The van der Waals surface area contributed by atoms with Gasteiger partial charge in [0.15, 0.2) is 0 Å². The summed E-state index contributed by atoms with van der Waals surface area (Å²) < 4.78 is 33.6. The van der Waals surface area contributed by atoms with Crippen molar-refractivity contribution in [1.29, 1.82) is 0 Å². The van der Waals surface area contributed by atoms with E-state index < -0.39 is 16.1 Å². The predicted molar refractivity (Wildman–Crippen MR) is 105 cm³/mol. The first-order chi connectivity index (χ1) is 12.9. The molecule has 1 amide bonds. The van der Waals surface area contributed by atoms with Gasteiger partial charge in [0.25, 0.3) is 0 Å². The minimum absolute atomic E-state index is 0.0826. The standard InChI is InChI=1S/C20H26N2O4S/c1-4-22(5-2)20(23)19(16-10-8-7-9-11-16)21-27(24,25)18-14-12-17(13-15-18)26-6-3/h7-15,19,21H,4-6H2,1-3H3/t19-/m0/s1. The first-order valence-electron chi connectivity index (χ1n) is 9.01. The fourth-order valence-electron chi connectivity index (χ4n) is 2.73. The van der Waals surface area contributed by atoms with Gasteiger partial charge in [0.05, 0.1) is 11.5 Å². The molecule has 0 bridgehead atoms. The van der Waals surface area contributed by atoms with Crippen molar-refractivity contribution >= 4 is 15.9 Å². The number of benzene rings is 2. The van der Waals surface area contributed by atoms with E-state index in [4.69, 9.17) is 4.74 Å². The fourth-order valence-corrected chi connectivity index (χ4v) is 3.91. The number of hydrogen-bond acceptors (Lipinski definition) is 4. The maximum absolute atomic E-state index is 12.9. The number of hydrogen-bond donors (Lipinski definition) is 1. The number of carbonyl (C=O) groups is 1. The van der Waals surface area contributed by atoms with E-state index >= 15 is 0 Å². The summed E-state index contributed by atoms with van der Waals surface area (Å²) in [7, 11) is -3.89. The molecule has 0 aromatic heterocycles. The summed E-state index contributed by atoms with van der Waals surface area (Å²) >= 11 is 0. The van der Waals surface area contributed by atoms with Crippen LogP contribution in [0.4, 0.5) is 0 Å². The predicted octanol–water partition coefficient (Wildman–Crippen LogP) is 2.97. The lowest BCUT2D eigenvalue weighted by Crippen LogP contribution is -2.42. The summed E-state index contributed by atoms with van der Waals surface area (Å²) in [6, 6.07) is 14.0. The first-order valence-corrected chi connectivity index (χ1v) is 10.5. The molecule has 146 valence electrons. The van der Waals surface area contributed by atoms with Crippen molar-refractivity contribution in [3.63, 3.8) is 0 Å². The van der Waals surface area contributed by atoms with Gasteiger partial charge < -0.3 is 9.64 Å². The molecule has 0 unspecified atom stereocenters. The Hall–Kier alpha value is -2.38. The van der Waals surface area contributed by atoms with Gasteiger partial charge in [-0.1, -0.05) is 30.3 Å². The summed E-state index contributed by atoms with van der Waals surface area (Å²) in [5.74, 6) is 0.316. The molecule has 0 saturated heterocycles. The largest absolute Gasteiger partial charge is 0.494 e. The summed E-state index contributed by atoms with van der Waals surface area (Å²) in [4.78, 5) is 14.6. The summed E-state index contributed by atoms with van der Waals surface area (Å²) in [5, 5.41) is 0. The number of sulfonamides is 1. The second-order valence-corrected chi connectivity index (χ2v) is 7.59. The van der Waals surface area contributed by atoms with E-state index in [1.807, 2.05) is 26.8 Å². The Morgan fingerprint density at radius 1 is 1.00 bits per heavy atom. The van der Waals surface area contributed by atoms with Crippen molar-refractivity contribution in [2.45, 2.75) is 31.7 Å². The molecule has 0 fully saturated rings. The van der Waals surface area contributed by atoms with E-state index in [1.54, 1.807) is 41.3 Å². The van der Waals surface area contributed by atoms with Crippen molar-refractivity contribution < 1.29 is 17.9 Å². The van der Waals surface area contributed by atoms with Crippen molar-refractivity contribution in [3.8, 4) is 5.75 Å². The average Bonchev–Trinajstić information content (AvgIpc) is 2.68. The molecular weight excluding hydrogens is 364 g/mol. The quantitative estimate of drug-likeness (QED) is 0.714. The Morgan fingerprint density at radius 3 is 2.11 bits per heavy atom. The van der Waals surface area contributed by atoms with Crippen LogP contribution in [0.2, 0.25) is 0 Å². The van der Waals surface area contributed by atoms with Gasteiger partial charge in [-0.15, -0.1) is 0 Å². The van der Waals surface area contributed by atoms with Crippen molar-refractivity contribution in [1.82, 2.24) is 9.62 Å². The van der Waals surface area contributed by atoms with Crippen LogP contribution in [0.1, 0.15) is 32.4 Å². The third kappa shape index (κ3) is 5.30. The maximum Gasteiger partial charge on any atom is 0.245 e. The molecule has 2 aromatic rings. The third-order valence-corrected chi connectivity index (χ3v) is 5.61. The fraction of sp³-hybridized carbons (Fsp3) is 0.350. The Labute approximate surface area is 161 Å². The van der Waals surface area contributed by atoms with Crippen LogP contribution >= 0.6 is 0 Å². The first kappa shape index (κ1) is 20.9. The molecule has 27 heavy (non-hydrogen) atoms. The Kier molecular flexibility index (Phi) is 7.38. The van der Waals surface area contributed by atoms with Crippen LogP contribution in [-0.4, -0.2) is 38.9 Å². The number of amides is 1. The molecule has 0 aliphatic heterocycles. The maximum atomic E-state index is 12.9. The Morgan fingerprint density at radius 2 is 1.59 bits per heavy atom. The van der Waals surface area contributed by atoms with E-state index in [2.05, 4.69) is 4.72 Å². The van der Waals surface area contributed by atoms with E-state index in [-0.39, 0.29) is 10.8 Å². The number of nitrogens with zero attached hydrogens (tertiary/aromatic N) is 1. The second kappa shape index (κ2) is 9.53. The van der Waals surface area contributed by atoms with Crippen molar-refractivity contribution in [2.24, 2.45) is 0 Å². The molecule has 2 aromatic carbocycles. The number of rotatable bonds is 9. The number of carbonyl (C=O) groups excluding carboxylic acids is 1. The molecule has 1 N–H and O–H groups in total. The monoisotopic (exact) mass is 390 g/mol. The topological polar surface area (TPSA) is 75.7 Å². The minimum atomic E-state index is -3.89. The number of likely N-dealkylation sites (N-methyl/N-ethyl adjacent to an activating group) is 1. The van der Waals surface area contributed by atoms with Crippen LogP contribution in [0.25, 0.3) is 0 Å². The van der Waals surface area contributed by atoms with Crippen LogP contribution < -0.4 is 9.46 Å². The van der Waals surface area contributed by atoms with Gasteiger partial charge in [0, 0.05) is 13.1 Å². The molecule has 0 aliphatic rings. The molecule has 0 radical (unpaired) electrons. The van der Waals surface area contributed by atoms with Crippen LogP contribution in [0.3, 0.4) is 0 Å². The van der Waals surface area contributed by atoms with Gasteiger partial charge in [0.1, 0.15) is 11.8 Å². The Balaban J connectivity index is 2.34. The SMILES string of the molecule is CCOc1ccc(S(=O)(=O)N[C@H](C(=O)N(CC)CC)c2ccccc2)cc1. The molecule has 2 rings (SSSR count). The normalized spacial score (nSPS) is 12.4. The highest BCUT2D eigenvalue weighted by molar-refractivity contribution is 7.89. The zero-order valence-corrected chi connectivity index (χ0v) is 16.7. The van der Waals surface area contributed by atoms with Crippen molar-refractivity contribution in [2.75, 3.05) is 19.7 Å². The highest BCUT2D eigenvalue weighted by Crippen LogP contribution is 2.21. The molecule has 0 aliphatic carbocycles. The van der Waals surface area contributed by atoms with Gasteiger partial charge >= 0.3 is 0 Å². The van der Waals surface area contributed by atoms with Gasteiger partial charge in [0.2, 0.25) is 15.9 Å². The third-order valence-electron chi connectivity index (χ3n) is 4.17. The van der Waals surface area contributed by atoms with Crippen LogP contribution in [0.15, 0.2) is 59.5 Å². The van der Waals surface area contributed by atoms with E-state index in [0.29, 0.717) is 31.0 Å².